The minimum Gasteiger partial charge on any atom is -0.790 e. The molecule has 0 saturated heterocycles. The van der Waals surface area contributed by atoms with E-state index in [0.29, 0.717) is 0 Å². The first-order valence-electron chi connectivity index (χ1n) is 3.15. The fraction of sp³-hybridized carbons (Fsp3) is 1.00. The lowest BCUT2D eigenvalue weighted by Crippen LogP contribution is -2.26. The van der Waals surface area contributed by atoms with Crippen molar-refractivity contribution in [2.75, 3.05) is 13.2 Å². The van der Waals surface area contributed by atoms with Crippen LogP contribution in [0.1, 0.15) is 0 Å². The molecule has 2 N–H and O–H groups in total. The third-order valence-electron chi connectivity index (χ3n) is 0.885. The lowest BCUT2D eigenvalue weighted by Gasteiger charge is -2.36. The van der Waals surface area contributed by atoms with Crippen LogP contribution in [0.2, 0.25) is 0 Å². The summed E-state index contributed by atoms with van der Waals surface area (Å²) in [4.78, 5) is 30.3. The number of phosphoric acid groups is 2. The van der Waals surface area contributed by atoms with E-state index in [1.807, 2.05) is 0 Å². The van der Waals surface area contributed by atoms with Gasteiger partial charge in [0.1, 0.15) is 6.10 Å². The first-order valence-corrected chi connectivity index (χ1v) is 6.07. The molecule has 1 atom stereocenters. The molecule has 11 heteroatoms. The van der Waals surface area contributed by atoms with Crippen LogP contribution in [0.5, 0.6) is 0 Å². The molecule has 1 unspecified atom stereocenters. The maximum Gasteiger partial charge on any atom is 0.272 e. The molecule has 0 bridgehead atoms. The lowest BCUT2D eigenvalue weighted by molar-refractivity contribution is -0.340. The molecule has 0 aromatic rings. The van der Waals surface area contributed by atoms with Gasteiger partial charge in [0.15, 0.2) is 0 Å². The minimum absolute atomic E-state index is 0.881. The maximum absolute atomic E-state index is 10.6. The fourth-order valence-electron chi connectivity index (χ4n) is 0.449. The standard InChI is InChI=1S/C3H10O9P2/c4-1-3(2-5)11-14(9,10)12-13(6,7)8/h3-5H,1-2H2,(H,9,10)(H2,6,7,8)/p-3. The van der Waals surface area contributed by atoms with Crippen molar-refractivity contribution in [3.05, 3.63) is 0 Å². The third-order valence-corrected chi connectivity index (χ3v) is 3.04. The minimum atomic E-state index is -5.73. The smallest absolute Gasteiger partial charge is 0.272 e. The Morgan fingerprint density at radius 3 is 1.86 bits per heavy atom. The van der Waals surface area contributed by atoms with Gasteiger partial charge in [-0.3, -0.25) is 8.88 Å². The average Bonchev–Trinajstić information content (AvgIpc) is 1.95. The molecule has 0 heterocycles. The topological polar surface area (TPSA) is 162 Å². The van der Waals surface area contributed by atoms with E-state index in [2.05, 4.69) is 8.83 Å². The summed E-state index contributed by atoms with van der Waals surface area (Å²) < 4.78 is 27.3. The number of aliphatic hydroxyl groups excluding tert-OH is 2. The second-order valence-corrected chi connectivity index (χ2v) is 4.72. The van der Waals surface area contributed by atoms with Crippen LogP contribution in [0.25, 0.3) is 0 Å². The van der Waals surface area contributed by atoms with Crippen LogP contribution in [0.4, 0.5) is 0 Å². The van der Waals surface area contributed by atoms with E-state index in [-0.39, 0.29) is 0 Å². The number of aliphatic hydroxyl groups is 2. The predicted molar refractivity (Wildman–Crippen MR) is 35.3 cm³/mol. The maximum atomic E-state index is 10.6. The molecule has 0 rings (SSSR count). The molecule has 0 aliphatic carbocycles. The van der Waals surface area contributed by atoms with Gasteiger partial charge >= 0.3 is 0 Å². The highest BCUT2D eigenvalue weighted by Gasteiger charge is 2.18. The highest BCUT2D eigenvalue weighted by atomic mass is 31.3. The number of hydrogen-bond donors (Lipinski definition) is 2. The van der Waals surface area contributed by atoms with Crippen molar-refractivity contribution in [1.29, 1.82) is 0 Å². The largest absolute Gasteiger partial charge is 0.790 e. The molecule has 0 saturated carbocycles. The molecule has 0 aliphatic rings. The molecule has 14 heavy (non-hydrogen) atoms. The van der Waals surface area contributed by atoms with Crippen molar-refractivity contribution in [3.63, 3.8) is 0 Å². The summed E-state index contributed by atoms with van der Waals surface area (Å²) in [5.41, 5.74) is 0. The normalized spacial score (nSPS) is 17.0. The molecule has 0 amide bonds. The Morgan fingerprint density at radius 1 is 1.14 bits per heavy atom. The van der Waals surface area contributed by atoms with E-state index < -0.39 is 35.0 Å². The zero-order valence-corrected chi connectivity index (χ0v) is 8.43. The summed E-state index contributed by atoms with van der Waals surface area (Å²) in [5, 5.41) is 16.7. The SMILES string of the molecule is O=P([O-])([O-])OP(=O)([O-])OC(CO)CO. The average molecular weight is 249 g/mol. The first kappa shape index (κ1) is 14.2. The van der Waals surface area contributed by atoms with E-state index >= 15 is 0 Å². The van der Waals surface area contributed by atoms with Crippen LogP contribution in [0.15, 0.2) is 0 Å². The first-order chi connectivity index (χ1) is 6.20. The molecule has 0 aromatic carbocycles. The Kier molecular flexibility index (Phi) is 5.38. The molecular formula is C3H7O9P2-3. The second kappa shape index (κ2) is 5.32. The van der Waals surface area contributed by atoms with Gasteiger partial charge in [0.25, 0.3) is 7.82 Å². The highest BCUT2D eigenvalue weighted by Crippen LogP contribution is 2.50. The van der Waals surface area contributed by atoms with Gasteiger partial charge in [0.2, 0.25) is 0 Å². The molecule has 0 spiro atoms. The van der Waals surface area contributed by atoms with E-state index in [4.69, 9.17) is 10.2 Å². The van der Waals surface area contributed by atoms with Crippen LogP contribution in [0, 0.1) is 0 Å². The van der Waals surface area contributed by atoms with Crippen LogP contribution in [-0.4, -0.2) is 29.5 Å². The Balaban J connectivity index is 4.34. The summed E-state index contributed by atoms with van der Waals surface area (Å²) in [6, 6.07) is 0. The summed E-state index contributed by atoms with van der Waals surface area (Å²) in [5.74, 6) is 0. The predicted octanol–water partition coefficient (Wildman–Crippen LogP) is -3.33. The summed E-state index contributed by atoms with van der Waals surface area (Å²) >= 11 is 0. The molecule has 0 radical (unpaired) electrons. The Morgan fingerprint density at radius 2 is 1.57 bits per heavy atom. The Hall–Kier alpha value is 0.180. The molecule has 9 nitrogen and oxygen atoms in total. The molecular weight excluding hydrogens is 242 g/mol. The van der Waals surface area contributed by atoms with E-state index in [9.17, 15) is 23.8 Å². The van der Waals surface area contributed by atoms with Crippen molar-refractivity contribution in [1.82, 2.24) is 0 Å². The molecule has 86 valence electrons. The van der Waals surface area contributed by atoms with E-state index in [0.717, 1.165) is 0 Å². The van der Waals surface area contributed by atoms with Crippen molar-refractivity contribution in [2.45, 2.75) is 6.10 Å². The van der Waals surface area contributed by atoms with Gasteiger partial charge in [0.05, 0.1) is 21.0 Å². The lowest BCUT2D eigenvalue weighted by atomic mass is 10.4. The molecule has 0 fully saturated rings. The van der Waals surface area contributed by atoms with Gasteiger partial charge in [0, 0.05) is 0 Å². The number of hydrogen-bond acceptors (Lipinski definition) is 9. The summed E-state index contributed by atoms with van der Waals surface area (Å²) in [6.07, 6.45) is -1.56. The second-order valence-electron chi connectivity index (χ2n) is 2.07. The third kappa shape index (κ3) is 6.61. The van der Waals surface area contributed by atoms with Crippen LogP contribution >= 0.6 is 15.6 Å². The Labute approximate surface area is 78.8 Å². The number of phosphoric ester groups is 1. The monoisotopic (exact) mass is 249 g/mol. The van der Waals surface area contributed by atoms with Gasteiger partial charge in [-0.25, -0.2) is 0 Å². The van der Waals surface area contributed by atoms with Crippen LogP contribution in [-0.2, 0) is 18.0 Å². The van der Waals surface area contributed by atoms with Gasteiger partial charge in [-0.05, 0) is 0 Å². The van der Waals surface area contributed by atoms with Gasteiger partial charge in [-0.2, -0.15) is 0 Å². The Bertz CT molecular complexity index is 253. The number of rotatable bonds is 6. The molecule has 0 aliphatic heterocycles. The zero-order chi connectivity index (χ0) is 11.4. The van der Waals surface area contributed by atoms with E-state index in [1.54, 1.807) is 0 Å². The van der Waals surface area contributed by atoms with Crippen molar-refractivity contribution in [2.24, 2.45) is 0 Å². The fourth-order valence-corrected chi connectivity index (χ4v) is 2.08. The van der Waals surface area contributed by atoms with Crippen molar-refractivity contribution < 1.29 is 42.9 Å². The molecule has 0 aromatic heterocycles. The highest BCUT2D eigenvalue weighted by molar-refractivity contribution is 7.58. The van der Waals surface area contributed by atoms with Crippen molar-refractivity contribution >= 4 is 15.6 Å². The van der Waals surface area contributed by atoms with Gasteiger partial charge in [-0.1, -0.05) is 0 Å². The van der Waals surface area contributed by atoms with Crippen LogP contribution < -0.4 is 14.7 Å². The summed E-state index contributed by atoms with van der Waals surface area (Å²) in [6.45, 7) is -1.76. The quantitative estimate of drug-likeness (QED) is 0.458. The van der Waals surface area contributed by atoms with Crippen molar-refractivity contribution in [3.8, 4) is 0 Å². The van der Waals surface area contributed by atoms with Gasteiger partial charge in [-0.15, -0.1) is 0 Å². The van der Waals surface area contributed by atoms with Crippen LogP contribution in [0.3, 0.4) is 0 Å². The zero-order valence-electron chi connectivity index (χ0n) is 6.64. The van der Waals surface area contributed by atoms with Gasteiger partial charge < -0.3 is 34.0 Å². The summed E-state index contributed by atoms with van der Waals surface area (Å²) in [7, 11) is -11.1. The van der Waals surface area contributed by atoms with E-state index in [1.165, 1.54) is 0 Å².